The lowest BCUT2D eigenvalue weighted by atomic mass is 10.1. The Balaban J connectivity index is 1.28. The summed E-state index contributed by atoms with van der Waals surface area (Å²) in [7, 11) is 0. The number of benzene rings is 2. The summed E-state index contributed by atoms with van der Waals surface area (Å²) >= 11 is 0. The zero-order valence-electron chi connectivity index (χ0n) is 12.8. The molecule has 2 heterocycles. The first-order valence-electron chi connectivity index (χ1n) is 8.14. The van der Waals surface area contributed by atoms with Crippen molar-refractivity contribution in [2.45, 2.75) is 18.6 Å². The molecule has 0 N–H and O–H groups in total. The topological polar surface area (TPSA) is 15.7 Å². The lowest BCUT2D eigenvalue weighted by molar-refractivity contribution is -0.00359. The molecule has 0 unspecified atom stereocenters. The van der Waals surface area contributed by atoms with Crippen LogP contribution in [0.5, 0.6) is 5.75 Å². The maximum absolute atomic E-state index is 6.00. The molecule has 0 aromatic heterocycles. The van der Waals surface area contributed by atoms with E-state index in [0.29, 0.717) is 12.1 Å². The first kappa shape index (κ1) is 13.6. The van der Waals surface area contributed by atoms with E-state index in [0.717, 1.165) is 31.9 Å². The highest BCUT2D eigenvalue weighted by atomic mass is 16.5. The predicted molar refractivity (Wildman–Crippen MR) is 89.5 cm³/mol. The van der Waals surface area contributed by atoms with Crippen molar-refractivity contribution in [1.29, 1.82) is 0 Å². The largest absolute Gasteiger partial charge is 0.488 e. The van der Waals surface area contributed by atoms with Crippen LogP contribution in [0.25, 0.3) is 0 Å². The normalized spacial score (nSPS) is 22.5. The van der Waals surface area contributed by atoms with Gasteiger partial charge in [-0.3, -0.25) is 4.90 Å². The maximum atomic E-state index is 6.00. The van der Waals surface area contributed by atoms with Gasteiger partial charge < -0.3 is 9.64 Å². The average Bonchev–Trinajstić information content (AvgIpc) is 3.02. The van der Waals surface area contributed by atoms with Crippen LogP contribution in [0.4, 0.5) is 5.69 Å². The Kier molecular flexibility index (Phi) is 3.73. The van der Waals surface area contributed by atoms with E-state index in [1.165, 1.54) is 12.1 Å². The van der Waals surface area contributed by atoms with E-state index in [9.17, 15) is 0 Å². The number of anilines is 1. The van der Waals surface area contributed by atoms with Gasteiger partial charge in [-0.15, -0.1) is 0 Å². The molecule has 3 nitrogen and oxygen atoms in total. The number of para-hydroxylation sites is 2. The predicted octanol–water partition coefficient (Wildman–Crippen LogP) is 3.03. The van der Waals surface area contributed by atoms with E-state index < -0.39 is 0 Å². The third-order valence-corrected chi connectivity index (χ3v) is 4.72. The summed E-state index contributed by atoms with van der Waals surface area (Å²) in [6, 6.07) is 21.6. The zero-order chi connectivity index (χ0) is 14.8. The second kappa shape index (κ2) is 6.01. The lowest BCUT2D eigenvalue weighted by Gasteiger charge is -2.42. The molecule has 0 saturated carbocycles. The molecular weight excluding hydrogens is 272 g/mol. The van der Waals surface area contributed by atoms with E-state index in [4.69, 9.17) is 4.74 Å². The molecule has 3 heteroatoms. The molecule has 0 radical (unpaired) electrons. The zero-order valence-corrected chi connectivity index (χ0v) is 12.8. The molecule has 2 aromatic rings. The summed E-state index contributed by atoms with van der Waals surface area (Å²) in [6.07, 6.45) is 1.61. The number of hydrogen-bond donors (Lipinski definition) is 0. The van der Waals surface area contributed by atoms with Gasteiger partial charge in [0.05, 0.1) is 0 Å². The van der Waals surface area contributed by atoms with E-state index in [1.54, 1.807) is 0 Å². The highest BCUT2D eigenvalue weighted by Crippen LogP contribution is 2.27. The highest BCUT2D eigenvalue weighted by molar-refractivity contribution is 5.47. The number of likely N-dealkylation sites (tertiary alicyclic amines) is 1. The molecule has 2 aliphatic rings. The Labute approximate surface area is 132 Å². The Morgan fingerprint density at radius 3 is 2.23 bits per heavy atom. The molecule has 1 atom stereocenters. The van der Waals surface area contributed by atoms with Crippen molar-refractivity contribution in [1.82, 2.24) is 4.90 Å². The first-order valence-corrected chi connectivity index (χ1v) is 8.14. The highest BCUT2D eigenvalue weighted by Gasteiger charge is 2.37. The molecule has 22 heavy (non-hydrogen) atoms. The molecule has 2 aliphatic heterocycles. The maximum Gasteiger partial charge on any atom is 0.124 e. The van der Waals surface area contributed by atoms with Gasteiger partial charge in [0.1, 0.15) is 11.9 Å². The summed E-state index contributed by atoms with van der Waals surface area (Å²) in [5, 5.41) is 0. The Bertz CT molecular complexity index is 595. The van der Waals surface area contributed by atoms with Gasteiger partial charge in [-0.2, -0.15) is 0 Å². The van der Waals surface area contributed by atoms with Crippen molar-refractivity contribution in [2.24, 2.45) is 0 Å². The Hall–Kier alpha value is -2.00. The Morgan fingerprint density at radius 2 is 1.50 bits per heavy atom. The molecule has 0 aliphatic carbocycles. The molecule has 2 fully saturated rings. The smallest absolute Gasteiger partial charge is 0.124 e. The molecule has 114 valence electrons. The van der Waals surface area contributed by atoms with Crippen molar-refractivity contribution in [3.63, 3.8) is 0 Å². The summed E-state index contributed by atoms with van der Waals surface area (Å²) in [5.74, 6) is 0.990. The van der Waals surface area contributed by atoms with Crippen LogP contribution in [0.1, 0.15) is 6.42 Å². The van der Waals surface area contributed by atoms with E-state index >= 15 is 0 Å². The number of ether oxygens (including phenoxy) is 1. The van der Waals surface area contributed by atoms with Gasteiger partial charge in [-0.25, -0.2) is 0 Å². The summed E-state index contributed by atoms with van der Waals surface area (Å²) in [6.45, 7) is 4.42. The van der Waals surface area contributed by atoms with Crippen LogP contribution in [-0.2, 0) is 0 Å². The van der Waals surface area contributed by atoms with Crippen LogP contribution in [0.15, 0.2) is 60.7 Å². The number of nitrogens with zero attached hydrogens (tertiary/aromatic N) is 2. The number of rotatable bonds is 4. The average molecular weight is 294 g/mol. The summed E-state index contributed by atoms with van der Waals surface area (Å²) in [4.78, 5) is 5.06. The van der Waals surface area contributed by atoms with Crippen molar-refractivity contribution in [2.75, 3.05) is 31.1 Å². The molecule has 0 spiro atoms. The van der Waals surface area contributed by atoms with Crippen molar-refractivity contribution in [3.05, 3.63) is 60.7 Å². The van der Waals surface area contributed by atoms with Crippen molar-refractivity contribution < 1.29 is 4.74 Å². The third kappa shape index (κ3) is 2.81. The molecule has 4 rings (SSSR count). The minimum absolute atomic E-state index is 0.355. The fourth-order valence-corrected chi connectivity index (χ4v) is 3.45. The van der Waals surface area contributed by atoms with Crippen molar-refractivity contribution in [3.8, 4) is 5.75 Å². The number of hydrogen-bond acceptors (Lipinski definition) is 3. The summed E-state index contributed by atoms with van der Waals surface area (Å²) < 4.78 is 6.00. The van der Waals surface area contributed by atoms with E-state index in [1.807, 2.05) is 30.3 Å². The van der Waals surface area contributed by atoms with Crippen LogP contribution in [0.2, 0.25) is 0 Å². The molecule has 2 aromatic carbocycles. The van der Waals surface area contributed by atoms with Gasteiger partial charge in [0.2, 0.25) is 0 Å². The summed E-state index contributed by atoms with van der Waals surface area (Å²) in [5.41, 5.74) is 1.35. The van der Waals surface area contributed by atoms with Crippen LogP contribution in [0.3, 0.4) is 0 Å². The monoisotopic (exact) mass is 294 g/mol. The SMILES string of the molecule is c1ccc(OC2CN([C@H]3CCN(c4ccccc4)C3)C2)cc1. The fraction of sp³-hybridized carbons (Fsp3) is 0.368. The van der Waals surface area contributed by atoms with Crippen LogP contribution in [0, 0.1) is 0 Å². The first-order chi connectivity index (χ1) is 10.9. The Morgan fingerprint density at radius 1 is 0.818 bits per heavy atom. The molecule has 0 amide bonds. The van der Waals surface area contributed by atoms with Gasteiger partial charge >= 0.3 is 0 Å². The second-order valence-corrected chi connectivity index (χ2v) is 6.23. The van der Waals surface area contributed by atoms with Gasteiger partial charge in [0.25, 0.3) is 0 Å². The van der Waals surface area contributed by atoms with Gasteiger partial charge in [0.15, 0.2) is 0 Å². The third-order valence-electron chi connectivity index (χ3n) is 4.72. The molecule has 0 bridgehead atoms. The van der Waals surface area contributed by atoms with Crippen molar-refractivity contribution >= 4 is 5.69 Å². The minimum atomic E-state index is 0.355. The minimum Gasteiger partial charge on any atom is -0.488 e. The fourth-order valence-electron chi connectivity index (χ4n) is 3.45. The van der Waals surface area contributed by atoms with Crippen LogP contribution < -0.4 is 9.64 Å². The molecular formula is C19H22N2O. The second-order valence-electron chi connectivity index (χ2n) is 6.23. The standard InChI is InChI=1S/C19H22N2O/c1-3-7-16(8-4-1)20-12-11-17(13-20)21-14-19(15-21)22-18-9-5-2-6-10-18/h1-10,17,19H,11-15H2/t17-/m0/s1. The van der Waals surface area contributed by atoms with Gasteiger partial charge in [0, 0.05) is 37.9 Å². The quantitative estimate of drug-likeness (QED) is 0.862. The lowest BCUT2D eigenvalue weighted by Crippen LogP contribution is -2.58. The van der Waals surface area contributed by atoms with Gasteiger partial charge in [-0.1, -0.05) is 36.4 Å². The van der Waals surface area contributed by atoms with Gasteiger partial charge in [-0.05, 0) is 30.7 Å². The van der Waals surface area contributed by atoms with E-state index in [-0.39, 0.29) is 0 Å². The van der Waals surface area contributed by atoms with Crippen LogP contribution >= 0.6 is 0 Å². The van der Waals surface area contributed by atoms with E-state index in [2.05, 4.69) is 40.1 Å². The van der Waals surface area contributed by atoms with Crippen LogP contribution in [-0.4, -0.2) is 43.2 Å². The molecule has 2 saturated heterocycles.